The topological polar surface area (TPSA) is 46.3 Å². The van der Waals surface area contributed by atoms with Crippen LogP contribution in [-0.2, 0) is 0 Å². The maximum absolute atomic E-state index is 12.5. The molecule has 20 heavy (non-hydrogen) atoms. The number of benzene rings is 1. The van der Waals surface area contributed by atoms with E-state index >= 15 is 0 Å². The van der Waals surface area contributed by atoms with Gasteiger partial charge < -0.3 is 10.6 Å². The minimum absolute atomic E-state index is 0. The highest BCUT2D eigenvalue weighted by atomic mass is 35.5. The second-order valence-corrected chi connectivity index (χ2v) is 6.25. The predicted octanol–water partition coefficient (Wildman–Crippen LogP) is 2.88. The van der Waals surface area contributed by atoms with Gasteiger partial charge in [-0.15, -0.1) is 12.4 Å². The van der Waals surface area contributed by atoms with Gasteiger partial charge in [0.25, 0.3) is 5.91 Å². The van der Waals surface area contributed by atoms with Crippen LogP contribution in [0.1, 0.15) is 28.8 Å². The molecule has 0 bridgehead atoms. The summed E-state index contributed by atoms with van der Waals surface area (Å²) in [5.41, 5.74) is 7.79. The first kappa shape index (κ1) is 15.6. The van der Waals surface area contributed by atoms with Gasteiger partial charge in [0.1, 0.15) is 0 Å². The first-order chi connectivity index (χ1) is 9.06. The fraction of sp³-hybridized carbons (Fsp3) is 0.533. The van der Waals surface area contributed by atoms with Crippen molar-refractivity contribution in [2.75, 3.05) is 13.1 Å². The van der Waals surface area contributed by atoms with Crippen LogP contribution in [0.15, 0.2) is 18.2 Å². The lowest BCUT2D eigenvalue weighted by molar-refractivity contribution is 0.0779. The van der Waals surface area contributed by atoms with Crippen molar-refractivity contribution in [3.8, 4) is 0 Å². The molecule has 3 nitrogen and oxygen atoms in total. The Labute approximate surface area is 130 Å². The third-order valence-electron chi connectivity index (χ3n) is 4.62. The Hall–Kier alpha value is -0.770. The normalized spacial score (nSPS) is 28.1. The number of rotatable bonds is 1. The summed E-state index contributed by atoms with van der Waals surface area (Å²) in [7, 11) is 0. The van der Waals surface area contributed by atoms with Crippen LogP contribution in [0.25, 0.3) is 0 Å². The Balaban J connectivity index is 0.00000147. The molecule has 1 aromatic rings. The van der Waals surface area contributed by atoms with E-state index in [2.05, 4.69) is 0 Å². The van der Waals surface area contributed by atoms with E-state index in [9.17, 15) is 4.79 Å². The molecule has 1 amide bonds. The molecule has 1 heterocycles. The van der Waals surface area contributed by atoms with Crippen LogP contribution in [0, 0.1) is 18.8 Å². The maximum atomic E-state index is 12.5. The smallest absolute Gasteiger partial charge is 0.253 e. The molecule has 1 aliphatic heterocycles. The highest BCUT2D eigenvalue weighted by Crippen LogP contribution is 2.37. The summed E-state index contributed by atoms with van der Waals surface area (Å²) in [6.07, 6.45) is 2.26. The fourth-order valence-corrected chi connectivity index (χ4v) is 3.56. The number of hydrogen-bond donors (Lipinski definition) is 1. The summed E-state index contributed by atoms with van der Waals surface area (Å²) in [5, 5.41) is 0.655. The summed E-state index contributed by atoms with van der Waals surface area (Å²) in [6, 6.07) is 5.80. The number of fused-ring (bicyclic) bond motifs is 1. The molecule has 1 aromatic carbocycles. The molecule has 0 spiro atoms. The van der Waals surface area contributed by atoms with E-state index in [1.165, 1.54) is 0 Å². The molecular formula is C15H20Cl2N2O. The van der Waals surface area contributed by atoms with E-state index in [1.807, 2.05) is 24.0 Å². The van der Waals surface area contributed by atoms with Crippen molar-refractivity contribution in [3.05, 3.63) is 34.3 Å². The molecule has 0 aromatic heterocycles. The van der Waals surface area contributed by atoms with Gasteiger partial charge in [-0.1, -0.05) is 17.7 Å². The minimum Gasteiger partial charge on any atom is -0.338 e. The molecule has 110 valence electrons. The van der Waals surface area contributed by atoms with Gasteiger partial charge in [-0.25, -0.2) is 0 Å². The maximum Gasteiger partial charge on any atom is 0.253 e. The van der Waals surface area contributed by atoms with Gasteiger partial charge in [0.2, 0.25) is 0 Å². The van der Waals surface area contributed by atoms with Gasteiger partial charge in [0, 0.05) is 29.7 Å². The van der Waals surface area contributed by atoms with Crippen molar-refractivity contribution in [2.45, 2.75) is 25.8 Å². The zero-order valence-corrected chi connectivity index (χ0v) is 13.1. The second-order valence-electron chi connectivity index (χ2n) is 5.84. The lowest BCUT2D eigenvalue weighted by atomic mass is 9.98. The van der Waals surface area contributed by atoms with Crippen molar-refractivity contribution >= 4 is 29.9 Å². The third kappa shape index (κ3) is 2.67. The Morgan fingerprint density at radius 2 is 2.10 bits per heavy atom. The van der Waals surface area contributed by atoms with Crippen LogP contribution in [0.5, 0.6) is 0 Å². The van der Waals surface area contributed by atoms with Gasteiger partial charge in [-0.2, -0.15) is 0 Å². The molecule has 1 aliphatic carbocycles. The number of amides is 1. The number of carbonyl (C=O) groups is 1. The Kier molecular flexibility index (Phi) is 4.62. The average Bonchev–Trinajstić information content (AvgIpc) is 2.95. The van der Waals surface area contributed by atoms with Crippen LogP contribution in [-0.4, -0.2) is 29.9 Å². The van der Waals surface area contributed by atoms with Gasteiger partial charge in [-0.3, -0.25) is 4.79 Å². The Morgan fingerprint density at radius 1 is 1.35 bits per heavy atom. The van der Waals surface area contributed by atoms with Crippen LogP contribution in [0.3, 0.4) is 0 Å². The molecule has 3 rings (SSSR count). The van der Waals surface area contributed by atoms with E-state index in [0.717, 1.165) is 31.5 Å². The second kappa shape index (κ2) is 5.92. The third-order valence-corrected chi connectivity index (χ3v) is 5.03. The lowest BCUT2D eigenvalue weighted by Gasteiger charge is -2.19. The number of aryl methyl sites for hydroxylation is 1. The number of halogens is 2. The molecule has 2 aliphatic rings. The number of carbonyl (C=O) groups excluding carboxylic acids is 1. The van der Waals surface area contributed by atoms with Gasteiger partial charge >= 0.3 is 0 Å². The van der Waals surface area contributed by atoms with E-state index in [4.69, 9.17) is 17.3 Å². The standard InChI is InChI=1S/C15H19ClN2O.ClH/c1-9-2-3-10(6-13(9)16)15(19)18-7-11-4-5-14(17)12(11)8-18;/h2-3,6,11-12,14H,4-5,7-8,17H2,1H3;1H. The quantitative estimate of drug-likeness (QED) is 0.866. The van der Waals surface area contributed by atoms with E-state index < -0.39 is 0 Å². The average molecular weight is 315 g/mol. The van der Waals surface area contributed by atoms with Gasteiger partial charge in [0.05, 0.1) is 0 Å². The monoisotopic (exact) mass is 314 g/mol. The molecule has 1 saturated carbocycles. The van der Waals surface area contributed by atoms with Crippen molar-refractivity contribution < 1.29 is 4.79 Å². The first-order valence-corrected chi connectivity index (χ1v) is 7.25. The van der Waals surface area contributed by atoms with Crippen LogP contribution in [0.2, 0.25) is 5.02 Å². The van der Waals surface area contributed by atoms with Crippen molar-refractivity contribution in [1.29, 1.82) is 0 Å². The van der Waals surface area contributed by atoms with Crippen molar-refractivity contribution in [3.63, 3.8) is 0 Å². The molecule has 3 atom stereocenters. The Morgan fingerprint density at radius 3 is 2.75 bits per heavy atom. The number of nitrogens with zero attached hydrogens (tertiary/aromatic N) is 1. The van der Waals surface area contributed by atoms with E-state index in [1.54, 1.807) is 6.07 Å². The highest BCUT2D eigenvalue weighted by Gasteiger charge is 2.42. The minimum atomic E-state index is 0. The van der Waals surface area contributed by atoms with Crippen molar-refractivity contribution in [1.82, 2.24) is 4.90 Å². The van der Waals surface area contributed by atoms with Crippen molar-refractivity contribution in [2.24, 2.45) is 17.6 Å². The SMILES string of the molecule is Cc1ccc(C(=O)N2CC3CCC(N)C3C2)cc1Cl.Cl. The van der Waals surface area contributed by atoms with E-state index in [-0.39, 0.29) is 24.4 Å². The van der Waals surface area contributed by atoms with Gasteiger partial charge in [0.15, 0.2) is 0 Å². The molecule has 5 heteroatoms. The fourth-order valence-electron chi connectivity index (χ4n) is 3.38. The molecule has 3 unspecified atom stereocenters. The lowest BCUT2D eigenvalue weighted by Crippen LogP contribution is -2.33. The molecule has 2 fully saturated rings. The van der Waals surface area contributed by atoms with Crippen LogP contribution >= 0.6 is 24.0 Å². The van der Waals surface area contributed by atoms with Gasteiger partial charge in [-0.05, 0) is 49.3 Å². The molecule has 0 radical (unpaired) electrons. The number of nitrogens with two attached hydrogens (primary N) is 1. The molecular weight excluding hydrogens is 295 g/mol. The zero-order chi connectivity index (χ0) is 13.6. The van der Waals surface area contributed by atoms with E-state index in [0.29, 0.717) is 22.4 Å². The zero-order valence-electron chi connectivity index (χ0n) is 11.5. The molecule has 2 N–H and O–H groups in total. The summed E-state index contributed by atoms with van der Waals surface area (Å²) >= 11 is 6.09. The summed E-state index contributed by atoms with van der Waals surface area (Å²) in [5.74, 6) is 1.17. The Bertz CT molecular complexity index is 521. The highest BCUT2D eigenvalue weighted by molar-refractivity contribution is 6.31. The largest absolute Gasteiger partial charge is 0.338 e. The number of hydrogen-bond acceptors (Lipinski definition) is 2. The predicted molar refractivity (Wildman–Crippen MR) is 83.5 cm³/mol. The summed E-state index contributed by atoms with van der Waals surface area (Å²) in [4.78, 5) is 14.4. The summed E-state index contributed by atoms with van der Waals surface area (Å²) in [6.45, 7) is 3.59. The number of likely N-dealkylation sites (tertiary alicyclic amines) is 1. The van der Waals surface area contributed by atoms with Crippen LogP contribution < -0.4 is 5.73 Å². The van der Waals surface area contributed by atoms with Crippen LogP contribution in [0.4, 0.5) is 0 Å². The molecule has 1 saturated heterocycles. The first-order valence-electron chi connectivity index (χ1n) is 6.87. The summed E-state index contributed by atoms with van der Waals surface area (Å²) < 4.78 is 0.